The number of hydrogen-bond acceptors (Lipinski definition) is 3. The number of carboxylic acids is 1. The lowest BCUT2D eigenvalue weighted by Crippen LogP contribution is -2.45. The highest BCUT2D eigenvalue weighted by molar-refractivity contribution is 5.99. The van der Waals surface area contributed by atoms with Crippen molar-refractivity contribution in [1.82, 2.24) is 0 Å². The highest BCUT2D eigenvalue weighted by Crippen LogP contribution is 2.41. The number of ether oxygens (including phenoxy) is 1. The first kappa shape index (κ1) is 14.0. The highest BCUT2D eigenvalue weighted by Gasteiger charge is 2.50. The lowest BCUT2D eigenvalue weighted by Gasteiger charge is -2.36. The maximum absolute atomic E-state index is 11.9. The van der Waals surface area contributed by atoms with E-state index >= 15 is 0 Å². The minimum absolute atomic E-state index is 0.102. The smallest absolute Gasteiger partial charge is 0.323 e. The van der Waals surface area contributed by atoms with E-state index in [2.05, 4.69) is 6.92 Å². The zero-order chi connectivity index (χ0) is 13.1. The molecule has 1 saturated carbocycles. The molecule has 1 atom stereocenters. The number of carbonyl (C=O) groups is 2. The fraction of sp³-hybridized carbons (Fsp3) is 0.846. The molecular formula is C13H22O4. The van der Waals surface area contributed by atoms with E-state index in [0.717, 1.165) is 25.7 Å². The average Bonchev–Trinajstić information content (AvgIpc) is 2.29. The number of esters is 1. The number of aliphatic carboxylic acids is 1. The molecule has 1 fully saturated rings. The van der Waals surface area contributed by atoms with Gasteiger partial charge in [-0.2, -0.15) is 0 Å². The van der Waals surface area contributed by atoms with E-state index in [4.69, 9.17) is 4.74 Å². The van der Waals surface area contributed by atoms with Gasteiger partial charge in [-0.05, 0) is 38.5 Å². The molecule has 0 bridgehead atoms. The fourth-order valence-corrected chi connectivity index (χ4v) is 2.55. The van der Waals surface area contributed by atoms with Gasteiger partial charge in [-0.15, -0.1) is 0 Å². The maximum Gasteiger partial charge on any atom is 0.323 e. The van der Waals surface area contributed by atoms with E-state index in [9.17, 15) is 14.7 Å². The quantitative estimate of drug-likeness (QED) is 0.607. The number of hydrogen-bond donors (Lipinski definition) is 1. The van der Waals surface area contributed by atoms with Gasteiger partial charge in [-0.3, -0.25) is 9.59 Å². The van der Waals surface area contributed by atoms with Crippen molar-refractivity contribution in [2.45, 2.75) is 46.5 Å². The van der Waals surface area contributed by atoms with Crippen LogP contribution in [0.25, 0.3) is 0 Å². The maximum atomic E-state index is 11.9. The normalized spacial score (nSPS) is 28.2. The molecule has 1 unspecified atom stereocenters. The van der Waals surface area contributed by atoms with Crippen LogP contribution in [0.15, 0.2) is 0 Å². The Balaban J connectivity index is 2.84. The van der Waals surface area contributed by atoms with Crippen LogP contribution in [0.5, 0.6) is 0 Å². The molecule has 0 heterocycles. The third kappa shape index (κ3) is 2.79. The third-order valence-electron chi connectivity index (χ3n) is 3.98. The lowest BCUT2D eigenvalue weighted by atomic mass is 9.68. The first-order chi connectivity index (χ1) is 7.92. The Morgan fingerprint density at radius 3 is 2.24 bits per heavy atom. The topological polar surface area (TPSA) is 63.6 Å². The van der Waals surface area contributed by atoms with E-state index in [1.807, 2.05) is 0 Å². The Morgan fingerprint density at radius 1 is 1.29 bits per heavy atom. The molecule has 0 aromatic heterocycles. The van der Waals surface area contributed by atoms with Crippen LogP contribution in [0.2, 0.25) is 0 Å². The zero-order valence-corrected chi connectivity index (χ0v) is 10.9. The summed E-state index contributed by atoms with van der Waals surface area (Å²) in [6.07, 6.45) is 3.57. The summed E-state index contributed by atoms with van der Waals surface area (Å²) in [5, 5.41) is 9.35. The molecule has 1 aliphatic carbocycles. The SMILES string of the molecule is CCOC(=O)C(C)(C(=O)O)C1CCC(C)CC1. The van der Waals surface area contributed by atoms with Crippen LogP contribution >= 0.6 is 0 Å². The Morgan fingerprint density at radius 2 is 1.82 bits per heavy atom. The molecule has 0 amide bonds. The van der Waals surface area contributed by atoms with Crippen molar-refractivity contribution >= 4 is 11.9 Å². The van der Waals surface area contributed by atoms with Gasteiger partial charge in [-0.25, -0.2) is 0 Å². The first-order valence-electron chi connectivity index (χ1n) is 6.33. The van der Waals surface area contributed by atoms with Crippen molar-refractivity contribution < 1.29 is 19.4 Å². The summed E-state index contributed by atoms with van der Waals surface area (Å²) in [5.74, 6) is -1.12. The van der Waals surface area contributed by atoms with Crippen LogP contribution in [0.4, 0.5) is 0 Å². The molecule has 0 spiro atoms. The van der Waals surface area contributed by atoms with Crippen LogP contribution in [-0.2, 0) is 14.3 Å². The Kier molecular flexibility index (Phi) is 4.54. The Labute approximate surface area is 102 Å². The standard InChI is InChI=1S/C13H22O4/c1-4-17-12(16)13(3,11(14)15)10-7-5-9(2)6-8-10/h9-10H,4-8H2,1-3H3,(H,14,15). The third-order valence-corrected chi connectivity index (χ3v) is 3.98. The summed E-state index contributed by atoms with van der Waals surface area (Å²) in [6.45, 7) is 5.60. The molecule has 0 aromatic carbocycles. The molecule has 1 aliphatic rings. The monoisotopic (exact) mass is 242 g/mol. The van der Waals surface area contributed by atoms with Crippen LogP contribution in [0.1, 0.15) is 46.5 Å². The molecule has 0 aliphatic heterocycles. The van der Waals surface area contributed by atoms with Crippen molar-refractivity contribution in [3.05, 3.63) is 0 Å². The van der Waals surface area contributed by atoms with E-state index in [0.29, 0.717) is 5.92 Å². The molecule has 1 rings (SSSR count). The summed E-state index contributed by atoms with van der Waals surface area (Å²) in [6, 6.07) is 0. The van der Waals surface area contributed by atoms with Gasteiger partial charge in [0.15, 0.2) is 5.41 Å². The second kappa shape index (κ2) is 5.52. The van der Waals surface area contributed by atoms with Gasteiger partial charge >= 0.3 is 11.9 Å². The van der Waals surface area contributed by atoms with E-state index in [1.165, 1.54) is 6.92 Å². The first-order valence-corrected chi connectivity index (χ1v) is 6.33. The molecule has 98 valence electrons. The minimum atomic E-state index is -1.38. The number of rotatable bonds is 4. The summed E-state index contributed by atoms with van der Waals surface area (Å²) < 4.78 is 4.93. The highest BCUT2D eigenvalue weighted by atomic mass is 16.5. The Bertz CT molecular complexity index is 292. The molecule has 0 radical (unpaired) electrons. The van der Waals surface area contributed by atoms with Gasteiger partial charge in [0, 0.05) is 0 Å². The predicted octanol–water partition coefficient (Wildman–Crippen LogP) is 2.47. The van der Waals surface area contributed by atoms with Gasteiger partial charge in [0.2, 0.25) is 0 Å². The van der Waals surface area contributed by atoms with Crippen LogP contribution < -0.4 is 0 Å². The largest absolute Gasteiger partial charge is 0.480 e. The lowest BCUT2D eigenvalue weighted by molar-refractivity contribution is -0.172. The van der Waals surface area contributed by atoms with Gasteiger partial charge in [-0.1, -0.05) is 19.8 Å². The number of carboxylic acid groups (broad SMARTS) is 1. The van der Waals surface area contributed by atoms with E-state index in [-0.39, 0.29) is 12.5 Å². The predicted molar refractivity (Wildman–Crippen MR) is 63.5 cm³/mol. The summed E-state index contributed by atoms with van der Waals surface area (Å²) >= 11 is 0. The molecule has 4 nitrogen and oxygen atoms in total. The summed E-state index contributed by atoms with van der Waals surface area (Å²) in [5.41, 5.74) is -1.38. The molecule has 0 aromatic rings. The van der Waals surface area contributed by atoms with Gasteiger partial charge in [0.1, 0.15) is 0 Å². The molecule has 1 N–H and O–H groups in total. The molecule has 0 saturated heterocycles. The molecule has 17 heavy (non-hydrogen) atoms. The minimum Gasteiger partial charge on any atom is -0.480 e. The van der Waals surface area contributed by atoms with E-state index < -0.39 is 17.4 Å². The van der Waals surface area contributed by atoms with E-state index in [1.54, 1.807) is 6.92 Å². The zero-order valence-electron chi connectivity index (χ0n) is 10.9. The number of carbonyl (C=O) groups excluding carboxylic acids is 1. The van der Waals surface area contributed by atoms with Crippen LogP contribution in [0, 0.1) is 17.3 Å². The summed E-state index contributed by atoms with van der Waals surface area (Å²) in [7, 11) is 0. The van der Waals surface area contributed by atoms with Crippen molar-refractivity contribution in [2.75, 3.05) is 6.61 Å². The Hall–Kier alpha value is -1.06. The van der Waals surface area contributed by atoms with Gasteiger partial charge < -0.3 is 9.84 Å². The van der Waals surface area contributed by atoms with Crippen molar-refractivity contribution in [1.29, 1.82) is 0 Å². The second-order valence-corrected chi connectivity index (χ2v) is 5.18. The van der Waals surface area contributed by atoms with Crippen molar-refractivity contribution in [3.8, 4) is 0 Å². The van der Waals surface area contributed by atoms with Crippen molar-refractivity contribution in [3.63, 3.8) is 0 Å². The second-order valence-electron chi connectivity index (χ2n) is 5.18. The van der Waals surface area contributed by atoms with Crippen molar-refractivity contribution in [2.24, 2.45) is 17.3 Å². The fourth-order valence-electron chi connectivity index (χ4n) is 2.55. The van der Waals surface area contributed by atoms with Gasteiger partial charge in [0.25, 0.3) is 0 Å². The van der Waals surface area contributed by atoms with Crippen LogP contribution in [-0.4, -0.2) is 23.7 Å². The molecule has 4 heteroatoms. The molecular weight excluding hydrogens is 220 g/mol. The van der Waals surface area contributed by atoms with Gasteiger partial charge in [0.05, 0.1) is 6.61 Å². The van der Waals surface area contributed by atoms with Crippen LogP contribution in [0.3, 0.4) is 0 Å². The average molecular weight is 242 g/mol. The summed E-state index contributed by atoms with van der Waals surface area (Å²) in [4.78, 5) is 23.3.